The summed E-state index contributed by atoms with van der Waals surface area (Å²) in [6.07, 6.45) is 4.47. The van der Waals surface area contributed by atoms with Crippen molar-refractivity contribution >= 4 is 11.3 Å². The van der Waals surface area contributed by atoms with Crippen molar-refractivity contribution in [1.29, 1.82) is 0 Å². The summed E-state index contributed by atoms with van der Waals surface area (Å²) in [4.78, 5) is 7.96. The molecule has 0 aromatic carbocycles. The van der Waals surface area contributed by atoms with Gasteiger partial charge >= 0.3 is 0 Å². The number of hydrogen-bond acceptors (Lipinski definition) is 3. The van der Waals surface area contributed by atoms with Crippen molar-refractivity contribution in [1.82, 2.24) is 15.3 Å². The third-order valence-electron chi connectivity index (χ3n) is 3.24. The lowest BCUT2D eigenvalue weighted by atomic mass is 10.0. The fraction of sp³-hybridized carbons (Fsp3) is 0.417. The van der Waals surface area contributed by atoms with Crippen molar-refractivity contribution in [2.45, 2.75) is 18.3 Å². The maximum atomic E-state index is 4.75. The first kappa shape index (κ1) is 10.1. The molecule has 84 valence electrons. The average Bonchev–Trinajstić information content (AvgIpc) is 2.76. The molecule has 0 aliphatic heterocycles. The lowest BCUT2D eigenvalue weighted by Crippen LogP contribution is -2.23. The minimum Gasteiger partial charge on any atom is -0.359 e. The summed E-state index contributed by atoms with van der Waals surface area (Å²) >= 11 is 1.73. The maximum absolute atomic E-state index is 4.75. The molecule has 1 saturated carbocycles. The van der Waals surface area contributed by atoms with E-state index in [4.69, 9.17) is 4.98 Å². The van der Waals surface area contributed by atoms with Crippen molar-refractivity contribution in [2.24, 2.45) is 0 Å². The van der Waals surface area contributed by atoms with Crippen LogP contribution in [0.1, 0.15) is 18.5 Å². The number of thiazole rings is 1. The molecule has 0 bridgehead atoms. The summed E-state index contributed by atoms with van der Waals surface area (Å²) < 4.78 is 0. The summed E-state index contributed by atoms with van der Waals surface area (Å²) in [5, 5.41) is 6.58. The molecule has 0 atom stereocenters. The highest BCUT2D eigenvalue weighted by Gasteiger charge is 2.45. The Hall–Kier alpha value is -1.13. The summed E-state index contributed by atoms with van der Waals surface area (Å²) in [6.45, 7) is 1.04. The summed E-state index contributed by atoms with van der Waals surface area (Å²) in [7, 11) is 2.01. The molecule has 16 heavy (non-hydrogen) atoms. The van der Waals surface area contributed by atoms with Crippen molar-refractivity contribution < 1.29 is 0 Å². The highest BCUT2D eigenvalue weighted by molar-refractivity contribution is 7.13. The monoisotopic (exact) mass is 233 g/mol. The van der Waals surface area contributed by atoms with Gasteiger partial charge in [-0.3, -0.25) is 0 Å². The van der Waals surface area contributed by atoms with Gasteiger partial charge in [0.25, 0.3) is 0 Å². The van der Waals surface area contributed by atoms with Gasteiger partial charge in [0, 0.05) is 23.5 Å². The molecule has 4 heteroatoms. The Labute approximate surface area is 98.9 Å². The van der Waals surface area contributed by atoms with E-state index >= 15 is 0 Å². The van der Waals surface area contributed by atoms with Crippen LogP contribution in [0.4, 0.5) is 0 Å². The molecular weight excluding hydrogens is 218 g/mol. The van der Waals surface area contributed by atoms with Gasteiger partial charge < -0.3 is 10.3 Å². The molecule has 2 heterocycles. The SMILES string of the molecule is CNCC1(c2csc(-c3ccc[nH]3)n2)CC1. The minimum absolute atomic E-state index is 0.329. The third kappa shape index (κ3) is 1.58. The zero-order valence-electron chi connectivity index (χ0n) is 9.29. The van der Waals surface area contributed by atoms with Gasteiger partial charge in [-0.2, -0.15) is 0 Å². The van der Waals surface area contributed by atoms with Gasteiger partial charge in [0.15, 0.2) is 0 Å². The molecule has 0 radical (unpaired) electrons. The van der Waals surface area contributed by atoms with Gasteiger partial charge in [-0.15, -0.1) is 11.3 Å². The Bertz CT molecular complexity index is 468. The molecular formula is C12H15N3S. The molecule has 3 nitrogen and oxygen atoms in total. The van der Waals surface area contributed by atoms with Crippen LogP contribution >= 0.6 is 11.3 Å². The van der Waals surface area contributed by atoms with Gasteiger partial charge in [-0.05, 0) is 32.0 Å². The van der Waals surface area contributed by atoms with Crippen LogP contribution < -0.4 is 5.32 Å². The van der Waals surface area contributed by atoms with E-state index in [-0.39, 0.29) is 0 Å². The topological polar surface area (TPSA) is 40.7 Å². The van der Waals surface area contributed by atoms with Crippen LogP contribution in [-0.4, -0.2) is 23.6 Å². The Kier molecular flexibility index (Phi) is 2.33. The molecule has 1 aliphatic rings. The molecule has 0 unspecified atom stereocenters. The summed E-state index contributed by atoms with van der Waals surface area (Å²) in [5.41, 5.74) is 2.71. The molecule has 2 aromatic rings. The van der Waals surface area contributed by atoms with E-state index in [9.17, 15) is 0 Å². The fourth-order valence-electron chi connectivity index (χ4n) is 2.12. The number of H-pyrrole nitrogens is 1. The molecule has 1 aliphatic carbocycles. The van der Waals surface area contributed by atoms with Crippen molar-refractivity contribution in [3.05, 3.63) is 29.4 Å². The molecule has 2 aromatic heterocycles. The smallest absolute Gasteiger partial charge is 0.139 e. The first-order chi connectivity index (χ1) is 7.84. The quantitative estimate of drug-likeness (QED) is 0.851. The lowest BCUT2D eigenvalue weighted by Gasteiger charge is -2.10. The van der Waals surface area contributed by atoms with Crippen LogP contribution in [0.15, 0.2) is 23.7 Å². The van der Waals surface area contributed by atoms with Crippen molar-refractivity contribution in [3.63, 3.8) is 0 Å². The number of nitrogens with one attached hydrogen (secondary N) is 2. The molecule has 0 saturated heterocycles. The average molecular weight is 233 g/mol. The normalized spacial score (nSPS) is 17.6. The third-order valence-corrected chi connectivity index (χ3v) is 4.12. The minimum atomic E-state index is 0.329. The number of likely N-dealkylation sites (N-methyl/N-ethyl adjacent to an activating group) is 1. The van der Waals surface area contributed by atoms with Crippen LogP contribution in [0.25, 0.3) is 10.7 Å². The number of aromatic nitrogens is 2. The van der Waals surface area contributed by atoms with Crippen LogP contribution in [0.5, 0.6) is 0 Å². The van der Waals surface area contributed by atoms with Gasteiger partial charge in [0.1, 0.15) is 5.01 Å². The Morgan fingerprint density at radius 1 is 1.56 bits per heavy atom. The molecule has 2 N–H and O–H groups in total. The summed E-state index contributed by atoms with van der Waals surface area (Å²) in [5.74, 6) is 0. The standard InChI is InChI=1S/C12H15N3S/c1-13-8-12(4-5-12)10-7-16-11(15-10)9-3-2-6-14-9/h2-3,6-7,13-14H,4-5,8H2,1H3. The van der Waals surface area contributed by atoms with E-state index in [1.165, 1.54) is 18.5 Å². The van der Waals surface area contributed by atoms with Gasteiger partial charge in [0.2, 0.25) is 0 Å². The van der Waals surface area contributed by atoms with E-state index in [0.717, 1.165) is 17.2 Å². The van der Waals surface area contributed by atoms with E-state index in [0.29, 0.717) is 5.41 Å². The Morgan fingerprint density at radius 2 is 2.44 bits per heavy atom. The second-order valence-electron chi connectivity index (χ2n) is 4.43. The molecule has 3 rings (SSSR count). The van der Waals surface area contributed by atoms with Gasteiger partial charge in [0.05, 0.1) is 11.4 Å². The molecule has 0 amide bonds. The zero-order chi connectivity index (χ0) is 11.0. The van der Waals surface area contributed by atoms with E-state index in [1.807, 2.05) is 19.3 Å². The van der Waals surface area contributed by atoms with Gasteiger partial charge in [-0.25, -0.2) is 4.98 Å². The highest BCUT2D eigenvalue weighted by atomic mass is 32.1. The number of rotatable bonds is 4. The van der Waals surface area contributed by atoms with Crippen LogP contribution in [0.3, 0.4) is 0 Å². The van der Waals surface area contributed by atoms with Crippen LogP contribution in [0, 0.1) is 0 Å². The first-order valence-electron chi connectivity index (χ1n) is 5.58. The van der Waals surface area contributed by atoms with E-state index < -0.39 is 0 Å². The maximum Gasteiger partial charge on any atom is 0.139 e. The zero-order valence-corrected chi connectivity index (χ0v) is 10.1. The molecule has 1 fully saturated rings. The molecule has 0 spiro atoms. The second-order valence-corrected chi connectivity index (χ2v) is 5.29. The largest absolute Gasteiger partial charge is 0.359 e. The second kappa shape index (κ2) is 3.71. The Morgan fingerprint density at radius 3 is 3.06 bits per heavy atom. The van der Waals surface area contributed by atoms with Gasteiger partial charge in [-0.1, -0.05) is 0 Å². The summed E-state index contributed by atoms with van der Waals surface area (Å²) in [6, 6.07) is 4.08. The predicted molar refractivity (Wildman–Crippen MR) is 66.7 cm³/mol. The number of aromatic amines is 1. The van der Waals surface area contributed by atoms with Crippen molar-refractivity contribution in [3.8, 4) is 10.7 Å². The van der Waals surface area contributed by atoms with Crippen LogP contribution in [-0.2, 0) is 5.41 Å². The number of hydrogen-bond donors (Lipinski definition) is 2. The van der Waals surface area contributed by atoms with Crippen LogP contribution in [0.2, 0.25) is 0 Å². The lowest BCUT2D eigenvalue weighted by molar-refractivity contribution is 0.611. The first-order valence-corrected chi connectivity index (χ1v) is 6.46. The van der Waals surface area contributed by atoms with Crippen molar-refractivity contribution in [2.75, 3.05) is 13.6 Å². The van der Waals surface area contributed by atoms with E-state index in [1.54, 1.807) is 11.3 Å². The number of nitrogens with zero attached hydrogens (tertiary/aromatic N) is 1. The fourth-order valence-corrected chi connectivity index (χ4v) is 3.05. The van der Waals surface area contributed by atoms with E-state index in [2.05, 4.69) is 21.7 Å². The predicted octanol–water partition coefficient (Wildman–Crippen LogP) is 2.39. The highest BCUT2D eigenvalue weighted by Crippen LogP contribution is 2.48. The Balaban J connectivity index is 1.88.